The minimum atomic E-state index is -4.48. The number of hydrogen-bond donors (Lipinski definition) is 1. The van der Waals surface area contributed by atoms with Crippen molar-refractivity contribution in [2.75, 3.05) is 19.7 Å². The van der Waals surface area contributed by atoms with E-state index in [-0.39, 0.29) is 24.9 Å². The van der Waals surface area contributed by atoms with Crippen molar-refractivity contribution < 1.29 is 23.1 Å². The molecule has 0 fully saturated rings. The summed E-state index contributed by atoms with van der Waals surface area (Å²) in [7, 11) is 0. The van der Waals surface area contributed by atoms with E-state index in [0.717, 1.165) is 17.8 Å². The van der Waals surface area contributed by atoms with Crippen LogP contribution in [0.3, 0.4) is 0 Å². The molecule has 9 heteroatoms. The minimum absolute atomic E-state index is 0.162. The second kappa shape index (κ2) is 9.08. The molecule has 0 saturated heterocycles. The van der Waals surface area contributed by atoms with E-state index in [1.165, 1.54) is 21.8 Å². The molecular formula is C21H21F3N4O2. The Labute approximate surface area is 171 Å². The quantitative estimate of drug-likeness (QED) is 0.639. The molecule has 0 saturated carbocycles. The highest BCUT2D eigenvalue weighted by Gasteiger charge is 2.31. The topological polar surface area (TPSA) is 71.2 Å². The van der Waals surface area contributed by atoms with E-state index in [4.69, 9.17) is 0 Å². The van der Waals surface area contributed by atoms with Crippen LogP contribution in [-0.4, -0.2) is 50.4 Å². The minimum Gasteiger partial charge on any atom is -0.395 e. The van der Waals surface area contributed by atoms with Crippen LogP contribution >= 0.6 is 0 Å². The van der Waals surface area contributed by atoms with Gasteiger partial charge >= 0.3 is 6.18 Å². The predicted octanol–water partition coefficient (Wildman–Crippen LogP) is 3.27. The van der Waals surface area contributed by atoms with Crippen molar-refractivity contribution in [3.05, 3.63) is 77.2 Å². The van der Waals surface area contributed by atoms with Crippen LogP contribution in [-0.2, 0) is 12.6 Å². The lowest BCUT2D eigenvalue weighted by atomic mass is 10.1. The van der Waals surface area contributed by atoms with Crippen molar-refractivity contribution in [2.45, 2.75) is 19.5 Å². The summed E-state index contributed by atoms with van der Waals surface area (Å²) in [6.45, 7) is 2.03. The Balaban J connectivity index is 1.79. The van der Waals surface area contributed by atoms with Gasteiger partial charge in [0, 0.05) is 19.3 Å². The van der Waals surface area contributed by atoms with Crippen LogP contribution < -0.4 is 0 Å². The number of rotatable bonds is 7. The first-order chi connectivity index (χ1) is 14.3. The first-order valence-electron chi connectivity index (χ1n) is 9.33. The summed E-state index contributed by atoms with van der Waals surface area (Å²) in [5.41, 5.74) is 0.963. The van der Waals surface area contributed by atoms with Crippen LogP contribution in [0.4, 0.5) is 13.2 Å². The Morgan fingerprint density at radius 3 is 2.43 bits per heavy atom. The highest BCUT2D eigenvalue weighted by Crippen LogP contribution is 2.28. The van der Waals surface area contributed by atoms with Crippen molar-refractivity contribution in [2.24, 2.45) is 0 Å². The number of benzene rings is 1. The molecule has 0 aliphatic rings. The maximum atomic E-state index is 13.0. The van der Waals surface area contributed by atoms with E-state index >= 15 is 0 Å². The molecule has 3 aromatic rings. The van der Waals surface area contributed by atoms with Crippen LogP contribution in [0.5, 0.6) is 0 Å². The van der Waals surface area contributed by atoms with Gasteiger partial charge in [-0.15, -0.1) is 0 Å². The fourth-order valence-corrected chi connectivity index (χ4v) is 3.04. The van der Waals surface area contributed by atoms with E-state index in [9.17, 15) is 23.1 Å². The smallest absolute Gasteiger partial charge is 0.395 e. The predicted molar refractivity (Wildman–Crippen MR) is 104 cm³/mol. The number of hydrogen-bond acceptors (Lipinski definition) is 4. The highest BCUT2D eigenvalue weighted by atomic mass is 19.4. The highest BCUT2D eigenvalue weighted by molar-refractivity contribution is 5.95. The molecule has 2 heterocycles. The van der Waals surface area contributed by atoms with Crippen molar-refractivity contribution in [3.63, 3.8) is 0 Å². The van der Waals surface area contributed by atoms with Gasteiger partial charge in [0.15, 0.2) is 5.82 Å². The Bertz CT molecular complexity index is 986. The van der Waals surface area contributed by atoms with Crippen LogP contribution in [0.25, 0.3) is 5.82 Å². The molecule has 2 aromatic heterocycles. The second-order valence-corrected chi connectivity index (χ2v) is 6.71. The first kappa shape index (κ1) is 21.5. The van der Waals surface area contributed by atoms with Crippen molar-refractivity contribution in [3.8, 4) is 5.82 Å². The van der Waals surface area contributed by atoms with Crippen molar-refractivity contribution >= 4 is 5.91 Å². The fraction of sp³-hybridized carbons (Fsp3) is 0.286. The van der Waals surface area contributed by atoms with Crippen molar-refractivity contribution in [1.29, 1.82) is 0 Å². The zero-order valence-electron chi connectivity index (χ0n) is 16.3. The van der Waals surface area contributed by atoms with Crippen LogP contribution in [0.15, 0.2) is 54.9 Å². The third-order valence-corrected chi connectivity index (χ3v) is 4.70. The number of carbonyl (C=O) groups excluding carboxylic acids is 1. The fourth-order valence-electron chi connectivity index (χ4n) is 3.04. The van der Waals surface area contributed by atoms with Gasteiger partial charge in [0.1, 0.15) is 0 Å². The third kappa shape index (κ3) is 4.85. The Morgan fingerprint density at radius 1 is 1.10 bits per heavy atom. The maximum Gasteiger partial charge on any atom is 0.417 e. The number of aliphatic hydroxyl groups is 1. The van der Waals surface area contributed by atoms with Gasteiger partial charge in [-0.1, -0.05) is 30.3 Å². The second-order valence-electron chi connectivity index (χ2n) is 6.71. The number of carbonyl (C=O) groups is 1. The number of aromatic nitrogens is 3. The van der Waals surface area contributed by atoms with Crippen molar-refractivity contribution in [1.82, 2.24) is 19.7 Å². The van der Waals surface area contributed by atoms with Gasteiger partial charge in [0.2, 0.25) is 0 Å². The molecule has 1 amide bonds. The maximum absolute atomic E-state index is 13.0. The molecule has 0 aliphatic carbocycles. The van der Waals surface area contributed by atoms with E-state index in [1.54, 1.807) is 6.92 Å². The molecule has 30 heavy (non-hydrogen) atoms. The van der Waals surface area contributed by atoms with Gasteiger partial charge in [-0.2, -0.15) is 18.3 Å². The summed E-state index contributed by atoms with van der Waals surface area (Å²) in [6, 6.07) is 11.8. The molecule has 0 radical (unpaired) electrons. The Kier molecular flexibility index (Phi) is 6.51. The van der Waals surface area contributed by atoms with E-state index < -0.39 is 11.7 Å². The molecule has 0 spiro atoms. The zero-order valence-corrected chi connectivity index (χ0v) is 16.3. The summed E-state index contributed by atoms with van der Waals surface area (Å²) in [4.78, 5) is 18.4. The lowest BCUT2D eigenvalue weighted by Crippen LogP contribution is -2.35. The summed E-state index contributed by atoms with van der Waals surface area (Å²) in [5, 5.41) is 13.5. The Hall–Kier alpha value is -3.20. The van der Waals surface area contributed by atoms with Crippen LogP contribution in [0, 0.1) is 6.92 Å². The average Bonchev–Trinajstić information content (AvgIpc) is 3.12. The van der Waals surface area contributed by atoms with E-state index in [1.807, 2.05) is 30.3 Å². The molecule has 158 valence electrons. The summed E-state index contributed by atoms with van der Waals surface area (Å²) < 4.78 is 39.5. The zero-order chi connectivity index (χ0) is 21.7. The lowest BCUT2D eigenvalue weighted by molar-refractivity contribution is -0.137. The summed E-state index contributed by atoms with van der Waals surface area (Å²) in [5.74, 6) is -0.131. The van der Waals surface area contributed by atoms with Crippen LogP contribution in [0.1, 0.15) is 27.2 Å². The summed E-state index contributed by atoms with van der Waals surface area (Å²) >= 11 is 0. The molecule has 0 atom stereocenters. The third-order valence-electron chi connectivity index (χ3n) is 4.70. The largest absolute Gasteiger partial charge is 0.417 e. The van der Waals surface area contributed by atoms with Gasteiger partial charge in [0.25, 0.3) is 5.91 Å². The lowest BCUT2D eigenvalue weighted by Gasteiger charge is -2.21. The van der Waals surface area contributed by atoms with Gasteiger partial charge in [-0.25, -0.2) is 9.67 Å². The molecular weight excluding hydrogens is 397 g/mol. The molecule has 3 rings (SSSR count). The van der Waals surface area contributed by atoms with Crippen LogP contribution in [0.2, 0.25) is 0 Å². The van der Waals surface area contributed by atoms with E-state index in [0.29, 0.717) is 24.2 Å². The monoisotopic (exact) mass is 418 g/mol. The number of alkyl halides is 3. The van der Waals surface area contributed by atoms with Gasteiger partial charge in [0.05, 0.1) is 29.6 Å². The van der Waals surface area contributed by atoms with E-state index in [2.05, 4.69) is 10.1 Å². The standard InChI is InChI=1S/C21H21F3N4O2/c1-15-18(14-26-28(15)19-8-7-17(13-25-19)21(22,23)24)20(30)27(11-12-29)10-9-16-5-3-2-4-6-16/h2-8,13-14,29H,9-12H2,1H3. The molecule has 1 aromatic carbocycles. The molecule has 0 unspecified atom stereocenters. The van der Waals surface area contributed by atoms with Gasteiger partial charge in [-0.05, 0) is 31.0 Å². The number of amides is 1. The normalized spacial score (nSPS) is 11.5. The van der Waals surface area contributed by atoms with Gasteiger partial charge < -0.3 is 10.0 Å². The number of nitrogens with zero attached hydrogens (tertiary/aromatic N) is 4. The van der Waals surface area contributed by atoms with Gasteiger partial charge in [-0.3, -0.25) is 4.79 Å². The molecule has 0 bridgehead atoms. The molecule has 6 nitrogen and oxygen atoms in total. The summed E-state index contributed by atoms with van der Waals surface area (Å²) in [6.07, 6.45) is -1.75. The number of aliphatic hydroxyl groups excluding tert-OH is 1. The molecule has 1 N–H and O–H groups in total. The first-order valence-corrected chi connectivity index (χ1v) is 9.33. The Morgan fingerprint density at radius 2 is 1.83 bits per heavy atom. The average molecular weight is 418 g/mol. The molecule has 0 aliphatic heterocycles. The number of halogens is 3. The SMILES string of the molecule is Cc1c(C(=O)N(CCO)CCc2ccccc2)cnn1-c1ccc(C(F)(F)F)cn1. The number of pyridine rings is 1.